The van der Waals surface area contributed by atoms with Gasteiger partial charge >= 0.3 is 5.97 Å². The second kappa shape index (κ2) is 6.26. The Kier molecular flexibility index (Phi) is 4.30. The predicted octanol–water partition coefficient (Wildman–Crippen LogP) is 3.32. The van der Waals surface area contributed by atoms with Gasteiger partial charge in [0.15, 0.2) is 0 Å². The molecule has 0 radical (unpaired) electrons. The summed E-state index contributed by atoms with van der Waals surface area (Å²) in [7, 11) is 1.21. The summed E-state index contributed by atoms with van der Waals surface area (Å²) < 4.78 is 32.9. The van der Waals surface area contributed by atoms with Crippen LogP contribution in [-0.2, 0) is 14.3 Å². The number of nitrogens with zero attached hydrogens (tertiary/aromatic N) is 1. The molecule has 0 aromatic heterocycles. The lowest BCUT2D eigenvalue weighted by atomic mass is 9.69. The van der Waals surface area contributed by atoms with Gasteiger partial charge in [0.2, 0.25) is 0 Å². The molecule has 24 heavy (non-hydrogen) atoms. The van der Waals surface area contributed by atoms with E-state index in [2.05, 4.69) is 4.99 Å². The van der Waals surface area contributed by atoms with Gasteiger partial charge < -0.3 is 4.74 Å². The van der Waals surface area contributed by atoms with Crippen LogP contribution in [0.1, 0.15) is 37.7 Å². The molecule has 0 amide bonds. The van der Waals surface area contributed by atoms with Crippen molar-refractivity contribution in [3.05, 3.63) is 46.7 Å². The van der Waals surface area contributed by atoms with Gasteiger partial charge in [0.05, 0.1) is 18.6 Å². The maximum absolute atomic E-state index is 14.4. The maximum atomic E-state index is 14.4. The third-order valence-corrected chi connectivity index (χ3v) is 4.61. The Hall–Kier alpha value is -2.37. The molecular weight excluding hydrogens is 316 g/mol. The first-order chi connectivity index (χ1) is 11.4. The molecule has 1 aliphatic heterocycles. The van der Waals surface area contributed by atoms with Gasteiger partial charge in [-0.2, -0.15) is 0 Å². The zero-order valence-electron chi connectivity index (χ0n) is 13.4. The fraction of sp³-hybridized carbons (Fsp3) is 0.389. The number of methoxy groups -OCH3 is 1. The highest BCUT2D eigenvalue weighted by atomic mass is 19.1. The van der Waals surface area contributed by atoms with Crippen molar-refractivity contribution < 1.29 is 23.1 Å². The van der Waals surface area contributed by atoms with Gasteiger partial charge in [0, 0.05) is 23.7 Å². The van der Waals surface area contributed by atoms with Crippen LogP contribution in [0.3, 0.4) is 0 Å². The van der Waals surface area contributed by atoms with E-state index in [1.54, 1.807) is 6.92 Å². The molecule has 1 heterocycles. The lowest BCUT2D eigenvalue weighted by Crippen LogP contribution is -2.39. The number of carbonyl (C=O) groups excluding carboxylic acids is 2. The first kappa shape index (κ1) is 16.5. The second-order valence-corrected chi connectivity index (χ2v) is 6.03. The minimum absolute atomic E-state index is 0.0117. The number of esters is 1. The first-order valence-corrected chi connectivity index (χ1v) is 7.78. The molecule has 1 aromatic rings. The average Bonchev–Trinajstić information content (AvgIpc) is 2.55. The Morgan fingerprint density at radius 3 is 2.71 bits per heavy atom. The van der Waals surface area contributed by atoms with E-state index >= 15 is 0 Å². The molecule has 0 saturated heterocycles. The Balaban J connectivity index is 2.24. The van der Waals surface area contributed by atoms with Crippen molar-refractivity contribution in [3.8, 4) is 0 Å². The number of hydrogen-bond acceptors (Lipinski definition) is 4. The lowest BCUT2D eigenvalue weighted by molar-refractivity contribution is -0.136. The molecule has 2 unspecified atom stereocenters. The van der Waals surface area contributed by atoms with Gasteiger partial charge in [-0.3, -0.25) is 9.79 Å². The molecule has 1 aliphatic carbocycles. The van der Waals surface area contributed by atoms with E-state index in [0.29, 0.717) is 30.7 Å². The fourth-order valence-electron chi connectivity index (χ4n) is 3.58. The van der Waals surface area contributed by atoms with Crippen LogP contribution in [0.4, 0.5) is 8.78 Å². The number of halogens is 2. The smallest absolute Gasteiger partial charge is 0.336 e. The topological polar surface area (TPSA) is 55.7 Å². The summed E-state index contributed by atoms with van der Waals surface area (Å²) in [6.07, 6.45) is 1.62. The third-order valence-electron chi connectivity index (χ3n) is 4.61. The highest BCUT2D eigenvalue weighted by Crippen LogP contribution is 2.43. The molecule has 1 saturated carbocycles. The zero-order valence-corrected chi connectivity index (χ0v) is 13.4. The van der Waals surface area contributed by atoms with Gasteiger partial charge in [0.1, 0.15) is 17.4 Å². The molecule has 3 rings (SSSR count). The minimum atomic E-state index is -0.909. The van der Waals surface area contributed by atoms with Crippen LogP contribution in [0.15, 0.2) is 34.5 Å². The number of hydrogen-bond donors (Lipinski definition) is 0. The van der Waals surface area contributed by atoms with Crippen LogP contribution in [0.25, 0.3) is 0 Å². The number of benzene rings is 1. The fourth-order valence-corrected chi connectivity index (χ4v) is 3.58. The number of aliphatic imine (C=N–C) groups is 1. The van der Waals surface area contributed by atoms with Gasteiger partial charge in [-0.05, 0) is 43.5 Å². The Morgan fingerprint density at radius 1 is 1.25 bits per heavy atom. The Labute approximate surface area is 138 Å². The van der Waals surface area contributed by atoms with E-state index in [1.807, 2.05) is 0 Å². The molecule has 4 nitrogen and oxygen atoms in total. The summed E-state index contributed by atoms with van der Waals surface area (Å²) in [6.45, 7) is 1.62. The molecule has 2 aliphatic rings. The Bertz CT molecular complexity index is 782. The molecule has 1 aromatic carbocycles. The number of ether oxygens (including phenoxy) is 1. The van der Waals surface area contributed by atoms with Crippen LogP contribution in [0.2, 0.25) is 0 Å². The van der Waals surface area contributed by atoms with Crippen LogP contribution >= 0.6 is 0 Å². The van der Waals surface area contributed by atoms with E-state index in [4.69, 9.17) is 4.74 Å². The molecule has 126 valence electrons. The van der Waals surface area contributed by atoms with E-state index in [9.17, 15) is 18.4 Å². The van der Waals surface area contributed by atoms with E-state index in [1.165, 1.54) is 7.11 Å². The second-order valence-electron chi connectivity index (χ2n) is 6.03. The number of fused-ring (bicyclic) bond motifs is 1. The quantitative estimate of drug-likeness (QED) is 0.780. The van der Waals surface area contributed by atoms with Crippen molar-refractivity contribution >= 4 is 17.5 Å². The van der Waals surface area contributed by atoms with Crippen LogP contribution < -0.4 is 0 Å². The lowest BCUT2D eigenvalue weighted by Gasteiger charge is -2.35. The molecule has 1 fully saturated rings. The number of allylic oxidation sites excluding steroid dienone is 1. The molecule has 0 bridgehead atoms. The van der Waals surface area contributed by atoms with Crippen molar-refractivity contribution in [1.29, 1.82) is 0 Å². The summed E-state index contributed by atoms with van der Waals surface area (Å²) in [4.78, 5) is 29.2. The van der Waals surface area contributed by atoms with E-state index in [0.717, 1.165) is 18.2 Å². The van der Waals surface area contributed by atoms with Gasteiger partial charge in [0.25, 0.3) is 0 Å². The number of Topliss-reactive ketones (excluding diaryl/α,β-unsaturated/α-hetero) is 1. The molecule has 6 heteroatoms. The monoisotopic (exact) mass is 333 g/mol. The number of carbonyl (C=O) groups is 2. The molecular formula is C18H17F2NO3. The largest absolute Gasteiger partial charge is 0.466 e. The van der Waals surface area contributed by atoms with Crippen molar-refractivity contribution in [3.63, 3.8) is 0 Å². The SMILES string of the molecule is COC(=O)C1=C(C)N=C2CCCC(=O)C2C1c1cc(F)ccc1F. The number of rotatable bonds is 2. The summed E-state index contributed by atoms with van der Waals surface area (Å²) in [6, 6.07) is 3.06. The average molecular weight is 333 g/mol. The predicted molar refractivity (Wildman–Crippen MR) is 83.6 cm³/mol. The van der Waals surface area contributed by atoms with Crippen molar-refractivity contribution in [2.24, 2.45) is 10.9 Å². The van der Waals surface area contributed by atoms with Gasteiger partial charge in [-0.25, -0.2) is 13.6 Å². The summed E-state index contributed by atoms with van der Waals surface area (Å²) >= 11 is 0. The van der Waals surface area contributed by atoms with Crippen LogP contribution in [-0.4, -0.2) is 24.6 Å². The van der Waals surface area contributed by atoms with Crippen molar-refractivity contribution in [1.82, 2.24) is 0 Å². The summed E-state index contributed by atoms with van der Waals surface area (Å²) in [5.74, 6) is -3.72. The summed E-state index contributed by atoms with van der Waals surface area (Å²) in [5.41, 5.74) is 1.12. The Morgan fingerprint density at radius 2 is 2.00 bits per heavy atom. The maximum Gasteiger partial charge on any atom is 0.336 e. The van der Waals surface area contributed by atoms with E-state index < -0.39 is 29.4 Å². The highest BCUT2D eigenvalue weighted by molar-refractivity contribution is 6.11. The van der Waals surface area contributed by atoms with Crippen molar-refractivity contribution in [2.45, 2.75) is 32.1 Å². The summed E-state index contributed by atoms with van der Waals surface area (Å²) in [5, 5.41) is 0. The van der Waals surface area contributed by atoms with Gasteiger partial charge in [-0.15, -0.1) is 0 Å². The molecule has 0 spiro atoms. The zero-order chi connectivity index (χ0) is 17.4. The van der Waals surface area contributed by atoms with Crippen LogP contribution in [0, 0.1) is 17.6 Å². The van der Waals surface area contributed by atoms with Crippen molar-refractivity contribution in [2.75, 3.05) is 7.11 Å². The first-order valence-electron chi connectivity index (χ1n) is 7.78. The molecule has 0 N–H and O–H groups in total. The normalized spacial score (nSPS) is 23.7. The number of ketones is 1. The highest BCUT2D eigenvalue weighted by Gasteiger charge is 2.44. The van der Waals surface area contributed by atoms with Crippen LogP contribution in [0.5, 0.6) is 0 Å². The molecule has 2 atom stereocenters. The minimum Gasteiger partial charge on any atom is -0.466 e. The standard InChI is InChI=1S/C18H17F2NO3/c1-9-15(18(23)24-2)16(11-8-10(19)6-7-12(11)20)17-13(21-9)4-3-5-14(17)22/h6-8,16-17H,3-5H2,1-2H3. The third kappa shape index (κ3) is 2.66. The van der Waals surface area contributed by atoms with Gasteiger partial charge in [-0.1, -0.05) is 0 Å². The van der Waals surface area contributed by atoms with E-state index in [-0.39, 0.29) is 16.9 Å².